The third-order valence-corrected chi connectivity index (χ3v) is 2.40. The minimum absolute atomic E-state index is 0.188. The summed E-state index contributed by atoms with van der Waals surface area (Å²) in [5.41, 5.74) is 1.05. The quantitative estimate of drug-likeness (QED) is 0.868. The Kier molecular flexibility index (Phi) is 2.95. The van der Waals surface area contributed by atoms with E-state index in [9.17, 15) is 4.79 Å². The van der Waals surface area contributed by atoms with Crippen LogP contribution >= 0.6 is 0 Å². The number of aromatic carboxylic acids is 1. The molecule has 0 amide bonds. The molecule has 0 aliphatic rings. The van der Waals surface area contributed by atoms with E-state index < -0.39 is 5.97 Å². The van der Waals surface area contributed by atoms with Crippen LogP contribution in [0.5, 0.6) is 0 Å². The third kappa shape index (κ3) is 2.52. The summed E-state index contributed by atoms with van der Waals surface area (Å²) >= 11 is 0. The van der Waals surface area contributed by atoms with Crippen LogP contribution in [0.1, 0.15) is 35.9 Å². The molecule has 0 fully saturated rings. The largest absolute Gasteiger partial charge is 0.478 e. The fraction of sp³-hybridized carbons (Fsp3) is 0.364. The monoisotopic (exact) mass is 234 g/mol. The Labute approximate surface area is 98.5 Å². The number of hydrogen-bond acceptors (Lipinski definition) is 3. The first-order valence-corrected chi connectivity index (χ1v) is 5.36. The van der Waals surface area contributed by atoms with E-state index in [4.69, 9.17) is 5.11 Å². The molecule has 0 bridgehead atoms. The lowest BCUT2D eigenvalue weighted by molar-refractivity contribution is 0.0697. The lowest BCUT2D eigenvalue weighted by Gasteiger charge is -2.03. The van der Waals surface area contributed by atoms with Gasteiger partial charge < -0.3 is 5.11 Å². The molecule has 0 aliphatic heterocycles. The highest BCUT2D eigenvalue weighted by Crippen LogP contribution is 2.06. The minimum Gasteiger partial charge on any atom is -0.478 e. The smallest absolute Gasteiger partial charge is 0.338 e. The normalized spacial score (nSPS) is 11.0. The molecular formula is C11H14N4O2. The lowest BCUT2D eigenvalue weighted by Crippen LogP contribution is -2.05. The number of carboxylic acid groups (broad SMARTS) is 1. The van der Waals surface area contributed by atoms with Crippen molar-refractivity contribution in [3.8, 4) is 0 Å². The predicted octanol–water partition coefficient (Wildman–Crippen LogP) is 1.41. The molecule has 2 aromatic rings. The molecule has 6 heteroatoms. The van der Waals surface area contributed by atoms with E-state index in [1.807, 2.05) is 30.8 Å². The summed E-state index contributed by atoms with van der Waals surface area (Å²) in [5, 5.41) is 17.1. The molecule has 0 aromatic carbocycles. The van der Waals surface area contributed by atoms with Gasteiger partial charge in [0.25, 0.3) is 0 Å². The van der Waals surface area contributed by atoms with Gasteiger partial charge in [-0.2, -0.15) is 10.2 Å². The van der Waals surface area contributed by atoms with E-state index in [2.05, 4.69) is 10.2 Å². The fourth-order valence-electron chi connectivity index (χ4n) is 1.48. The van der Waals surface area contributed by atoms with Crippen LogP contribution in [-0.2, 0) is 6.54 Å². The Morgan fingerprint density at radius 1 is 1.53 bits per heavy atom. The molecule has 2 heterocycles. The van der Waals surface area contributed by atoms with Crippen LogP contribution in [0.25, 0.3) is 0 Å². The molecular weight excluding hydrogens is 220 g/mol. The Morgan fingerprint density at radius 2 is 2.29 bits per heavy atom. The molecule has 0 spiro atoms. The molecule has 1 N–H and O–H groups in total. The molecule has 0 aliphatic carbocycles. The van der Waals surface area contributed by atoms with Gasteiger partial charge in [0.1, 0.15) is 0 Å². The molecule has 0 saturated carbocycles. The van der Waals surface area contributed by atoms with E-state index in [-0.39, 0.29) is 5.56 Å². The summed E-state index contributed by atoms with van der Waals surface area (Å²) in [4.78, 5) is 10.7. The third-order valence-electron chi connectivity index (χ3n) is 2.40. The Balaban J connectivity index is 2.11. The maximum atomic E-state index is 10.7. The van der Waals surface area contributed by atoms with Gasteiger partial charge in [0.15, 0.2) is 0 Å². The number of nitrogens with zero attached hydrogens (tertiary/aromatic N) is 4. The summed E-state index contributed by atoms with van der Waals surface area (Å²) in [5.74, 6) is -0.969. The summed E-state index contributed by atoms with van der Waals surface area (Å²) < 4.78 is 3.42. The van der Waals surface area contributed by atoms with Crippen molar-refractivity contribution in [1.29, 1.82) is 0 Å². The highest BCUT2D eigenvalue weighted by Gasteiger charge is 2.07. The zero-order valence-corrected chi connectivity index (χ0v) is 9.74. The Morgan fingerprint density at radius 3 is 2.82 bits per heavy atom. The summed E-state index contributed by atoms with van der Waals surface area (Å²) in [7, 11) is 0. The van der Waals surface area contributed by atoms with Crippen molar-refractivity contribution < 1.29 is 9.90 Å². The molecule has 2 rings (SSSR count). The maximum Gasteiger partial charge on any atom is 0.338 e. The van der Waals surface area contributed by atoms with Gasteiger partial charge in [0.2, 0.25) is 0 Å². The number of hydrogen-bond donors (Lipinski definition) is 1. The van der Waals surface area contributed by atoms with Gasteiger partial charge in [-0.3, -0.25) is 9.36 Å². The summed E-state index contributed by atoms with van der Waals surface area (Å²) in [6, 6.07) is 2.22. The summed E-state index contributed by atoms with van der Waals surface area (Å²) in [6.45, 7) is 4.58. The van der Waals surface area contributed by atoms with Gasteiger partial charge in [0.05, 0.1) is 24.0 Å². The highest BCUT2D eigenvalue weighted by molar-refractivity contribution is 5.86. The first-order valence-electron chi connectivity index (χ1n) is 5.36. The summed E-state index contributed by atoms with van der Waals surface area (Å²) in [6.07, 6.45) is 4.74. The van der Waals surface area contributed by atoms with Gasteiger partial charge in [-0.15, -0.1) is 0 Å². The minimum atomic E-state index is -0.969. The van der Waals surface area contributed by atoms with Crippen LogP contribution in [0.15, 0.2) is 24.7 Å². The van der Waals surface area contributed by atoms with Gasteiger partial charge >= 0.3 is 5.97 Å². The van der Waals surface area contributed by atoms with Gasteiger partial charge in [-0.05, 0) is 19.9 Å². The molecule has 90 valence electrons. The zero-order chi connectivity index (χ0) is 12.4. The van der Waals surface area contributed by atoms with Crippen molar-refractivity contribution in [1.82, 2.24) is 19.6 Å². The average molecular weight is 234 g/mol. The molecule has 0 unspecified atom stereocenters. The lowest BCUT2D eigenvalue weighted by atomic mass is 10.4. The molecule has 0 atom stereocenters. The van der Waals surface area contributed by atoms with E-state index in [1.54, 1.807) is 4.68 Å². The topological polar surface area (TPSA) is 72.9 Å². The molecule has 0 radical (unpaired) electrons. The van der Waals surface area contributed by atoms with E-state index in [0.717, 1.165) is 5.69 Å². The van der Waals surface area contributed by atoms with Crippen molar-refractivity contribution >= 4 is 5.97 Å². The number of rotatable bonds is 4. The fourth-order valence-corrected chi connectivity index (χ4v) is 1.48. The molecule has 0 saturated heterocycles. The first-order chi connectivity index (χ1) is 8.06. The second-order valence-corrected chi connectivity index (χ2v) is 4.11. The van der Waals surface area contributed by atoms with Crippen LogP contribution < -0.4 is 0 Å². The first kappa shape index (κ1) is 11.4. The SMILES string of the molecule is CC(C)n1ccc(Cn2cc(C(=O)O)cn2)n1. The van der Waals surface area contributed by atoms with Gasteiger partial charge in [-0.1, -0.05) is 0 Å². The second kappa shape index (κ2) is 4.40. The average Bonchev–Trinajstić information content (AvgIpc) is 2.87. The Hall–Kier alpha value is -2.11. The predicted molar refractivity (Wildman–Crippen MR) is 60.9 cm³/mol. The molecule has 17 heavy (non-hydrogen) atoms. The van der Waals surface area contributed by atoms with Crippen LogP contribution in [0.3, 0.4) is 0 Å². The van der Waals surface area contributed by atoms with Crippen LogP contribution in [0.4, 0.5) is 0 Å². The standard InChI is InChI=1S/C11H14N4O2/c1-8(2)15-4-3-10(13-15)7-14-6-9(5-12-14)11(16)17/h3-6,8H,7H2,1-2H3,(H,16,17). The van der Waals surface area contributed by atoms with Crippen LogP contribution in [0, 0.1) is 0 Å². The molecule has 2 aromatic heterocycles. The van der Waals surface area contributed by atoms with Crippen LogP contribution in [0.2, 0.25) is 0 Å². The van der Waals surface area contributed by atoms with E-state index in [1.165, 1.54) is 12.4 Å². The number of carboxylic acids is 1. The second-order valence-electron chi connectivity index (χ2n) is 4.11. The highest BCUT2D eigenvalue weighted by atomic mass is 16.4. The van der Waals surface area contributed by atoms with Crippen molar-refractivity contribution in [2.24, 2.45) is 0 Å². The van der Waals surface area contributed by atoms with Crippen molar-refractivity contribution in [3.05, 3.63) is 35.9 Å². The number of carbonyl (C=O) groups is 1. The van der Waals surface area contributed by atoms with Gasteiger partial charge in [0, 0.05) is 18.4 Å². The maximum absolute atomic E-state index is 10.7. The number of aromatic nitrogens is 4. The Bertz CT molecular complexity index is 527. The van der Waals surface area contributed by atoms with Gasteiger partial charge in [-0.25, -0.2) is 4.79 Å². The van der Waals surface area contributed by atoms with Crippen molar-refractivity contribution in [2.75, 3.05) is 0 Å². The van der Waals surface area contributed by atoms with E-state index in [0.29, 0.717) is 12.6 Å². The van der Waals surface area contributed by atoms with Crippen LogP contribution in [-0.4, -0.2) is 30.6 Å². The van der Waals surface area contributed by atoms with Crippen molar-refractivity contribution in [2.45, 2.75) is 26.4 Å². The van der Waals surface area contributed by atoms with Crippen molar-refractivity contribution in [3.63, 3.8) is 0 Å². The molecule has 6 nitrogen and oxygen atoms in total. The zero-order valence-electron chi connectivity index (χ0n) is 9.74. The van der Waals surface area contributed by atoms with E-state index >= 15 is 0 Å².